The summed E-state index contributed by atoms with van der Waals surface area (Å²) in [6, 6.07) is 6.60. The summed E-state index contributed by atoms with van der Waals surface area (Å²) < 4.78 is 0. The molecule has 0 amide bonds. The molecule has 0 heterocycles. The van der Waals surface area contributed by atoms with E-state index in [1.807, 2.05) is 26.8 Å². The molecule has 1 unspecified atom stereocenters. The Hall–Kier alpha value is -1.46. The Labute approximate surface area is 107 Å². The van der Waals surface area contributed by atoms with Gasteiger partial charge in [-0.1, -0.05) is 19.1 Å². The van der Waals surface area contributed by atoms with Gasteiger partial charge in [-0.05, 0) is 25.8 Å². The summed E-state index contributed by atoms with van der Waals surface area (Å²) >= 11 is 0. The van der Waals surface area contributed by atoms with E-state index in [1.165, 1.54) is 6.07 Å². The molecule has 100 valence electrons. The molecule has 0 aliphatic rings. The molecule has 0 saturated heterocycles. The summed E-state index contributed by atoms with van der Waals surface area (Å²) in [4.78, 5) is 10.4. The maximum absolute atomic E-state index is 10.8. The zero-order valence-corrected chi connectivity index (χ0v) is 11.0. The summed E-state index contributed by atoms with van der Waals surface area (Å²) in [6.45, 7) is 5.81. The van der Waals surface area contributed by atoms with E-state index in [2.05, 4.69) is 5.32 Å². The van der Waals surface area contributed by atoms with Crippen LogP contribution in [0.15, 0.2) is 24.3 Å². The lowest BCUT2D eigenvalue weighted by Crippen LogP contribution is -2.44. The predicted octanol–water partition coefficient (Wildman–Crippen LogP) is 2.41. The van der Waals surface area contributed by atoms with Gasteiger partial charge in [0.25, 0.3) is 5.69 Å². The van der Waals surface area contributed by atoms with Crippen molar-refractivity contribution in [3.8, 4) is 0 Å². The number of benzene rings is 1. The Morgan fingerprint density at radius 3 is 2.67 bits per heavy atom. The minimum Gasteiger partial charge on any atom is -0.394 e. The molecule has 1 atom stereocenters. The minimum absolute atomic E-state index is 0.00736. The lowest BCUT2D eigenvalue weighted by Gasteiger charge is -2.30. The van der Waals surface area contributed by atoms with E-state index in [0.717, 1.165) is 12.0 Å². The van der Waals surface area contributed by atoms with Gasteiger partial charge in [-0.3, -0.25) is 10.1 Å². The monoisotopic (exact) mass is 252 g/mol. The highest BCUT2D eigenvalue weighted by Crippen LogP contribution is 2.23. The maximum Gasteiger partial charge on any atom is 0.269 e. The Morgan fingerprint density at radius 1 is 1.50 bits per heavy atom. The highest BCUT2D eigenvalue weighted by molar-refractivity contribution is 5.35. The second-order valence-corrected chi connectivity index (χ2v) is 5.00. The Kier molecular flexibility index (Phi) is 4.81. The van der Waals surface area contributed by atoms with Gasteiger partial charge in [0.05, 0.1) is 11.5 Å². The number of aliphatic hydroxyl groups is 1. The largest absolute Gasteiger partial charge is 0.394 e. The summed E-state index contributed by atoms with van der Waals surface area (Å²) in [5.41, 5.74) is 0.549. The number of nitrogens with zero attached hydrogens (tertiary/aromatic N) is 1. The summed E-state index contributed by atoms with van der Waals surface area (Å²) in [5, 5.41) is 23.3. The van der Waals surface area contributed by atoms with E-state index in [-0.39, 0.29) is 18.3 Å². The molecule has 0 saturated carbocycles. The highest BCUT2D eigenvalue weighted by Gasteiger charge is 2.22. The number of aliphatic hydroxyl groups excluding tert-OH is 1. The normalized spacial score (nSPS) is 13.3. The molecular formula is C13H20N2O3. The first-order valence-corrected chi connectivity index (χ1v) is 6.02. The quantitative estimate of drug-likeness (QED) is 0.602. The number of rotatable bonds is 6. The van der Waals surface area contributed by atoms with Crippen molar-refractivity contribution >= 4 is 5.69 Å². The van der Waals surface area contributed by atoms with Crippen molar-refractivity contribution in [2.45, 2.75) is 38.8 Å². The SMILES string of the molecule is CCC(NC(C)(C)CO)c1cccc([N+](=O)[O-])c1. The first kappa shape index (κ1) is 14.6. The van der Waals surface area contributed by atoms with Crippen LogP contribution >= 0.6 is 0 Å². The molecule has 5 nitrogen and oxygen atoms in total. The average molecular weight is 252 g/mol. The van der Waals surface area contributed by atoms with Gasteiger partial charge in [-0.25, -0.2) is 0 Å². The van der Waals surface area contributed by atoms with Gasteiger partial charge in [0.1, 0.15) is 0 Å². The number of hydrogen-bond donors (Lipinski definition) is 2. The molecule has 1 aromatic carbocycles. The second-order valence-electron chi connectivity index (χ2n) is 5.00. The van der Waals surface area contributed by atoms with Crippen molar-refractivity contribution < 1.29 is 10.0 Å². The van der Waals surface area contributed by atoms with Crippen LogP contribution in [-0.2, 0) is 0 Å². The van der Waals surface area contributed by atoms with Gasteiger partial charge in [-0.2, -0.15) is 0 Å². The highest BCUT2D eigenvalue weighted by atomic mass is 16.6. The van der Waals surface area contributed by atoms with Crippen molar-refractivity contribution in [1.29, 1.82) is 0 Å². The van der Waals surface area contributed by atoms with E-state index >= 15 is 0 Å². The second kappa shape index (κ2) is 5.93. The first-order chi connectivity index (χ1) is 8.39. The Morgan fingerprint density at radius 2 is 2.17 bits per heavy atom. The summed E-state index contributed by atoms with van der Waals surface area (Å²) in [7, 11) is 0. The molecule has 1 aromatic rings. The smallest absolute Gasteiger partial charge is 0.269 e. The molecule has 0 aromatic heterocycles. The standard InChI is InChI=1S/C13H20N2O3/c1-4-12(14-13(2,3)9-16)10-6-5-7-11(8-10)15(17)18/h5-8,12,14,16H,4,9H2,1-3H3. The Balaban J connectivity index is 2.95. The van der Waals surface area contributed by atoms with Gasteiger partial charge in [-0.15, -0.1) is 0 Å². The van der Waals surface area contributed by atoms with E-state index in [4.69, 9.17) is 0 Å². The zero-order chi connectivity index (χ0) is 13.8. The lowest BCUT2D eigenvalue weighted by atomic mass is 9.98. The fourth-order valence-corrected chi connectivity index (χ4v) is 1.79. The molecule has 0 spiro atoms. The van der Waals surface area contributed by atoms with Crippen molar-refractivity contribution in [1.82, 2.24) is 5.32 Å². The summed E-state index contributed by atoms with van der Waals surface area (Å²) in [5.74, 6) is 0. The fraction of sp³-hybridized carbons (Fsp3) is 0.538. The van der Waals surface area contributed by atoms with Crippen LogP contribution in [0.25, 0.3) is 0 Å². The maximum atomic E-state index is 10.8. The molecular weight excluding hydrogens is 232 g/mol. The van der Waals surface area contributed by atoms with E-state index < -0.39 is 10.5 Å². The average Bonchev–Trinajstić information content (AvgIpc) is 2.36. The van der Waals surface area contributed by atoms with Gasteiger partial charge in [0, 0.05) is 23.7 Å². The molecule has 0 radical (unpaired) electrons. The van der Waals surface area contributed by atoms with Crippen LogP contribution in [0.3, 0.4) is 0 Å². The lowest BCUT2D eigenvalue weighted by molar-refractivity contribution is -0.384. The van der Waals surface area contributed by atoms with Crippen molar-refractivity contribution in [2.75, 3.05) is 6.61 Å². The molecule has 0 bridgehead atoms. The molecule has 2 N–H and O–H groups in total. The minimum atomic E-state index is -0.411. The molecule has 0 aliphatic carbocycles. The number of hydrogen-bond acceptors (Lipinski definition) is 4. The number of nitro groups is 1. The van der Waals surface area contributed by atoms with Gasteiger partial charge in [0.15, 0.2) is 0 Å². The van der Waals surface area contributed by atoms with Crippen molar-refractivity contribution in [3.05, 3.63) is 39.9 Å². The molecule has 1 rings (SSSR count). The summed E-state index contributed by atoms with van der Waals surface area (Å²) in [6.07, 6.45) is 0.796. The zero-order valence-electron chi connectivity index (χ0n) is 11.0. The third kappa shape index (κ3) is 3.78. The van der Waals surface area contributed by atoms with Crippen LogP contribution < -0.4 is 5.32 Å². The van der Waals surface area contributed by atoms with Gasteiger partial charge >= 0.3 is 0 Å². The molecule has 0 fully saturated rings. The Bertz CT molecular complexity index is 418. The third-order valence-electron chi connectivity index (χ3n) is 2.85. The topological polar surface area (TPSA) is 75.4 Å². The number of nitrogens with one attached hydrogen (secondary N) is 1. The van der Waals surface area contributed by atoms with Crippen LogP contribution in [-0.4, -0.2) is 22.2 Å². The van der Waals surface area contributed by atoms with Crippen LogP contribution in [0.1, 0.15) is 38.8 Å². The third-order valence-corrected chi connectivity index (χ3v) is 2.85. The molecule has 18 heavy (non-hydrogen) atoms. The van der Waals surface area contributed by atoms with Crippen molar-refractivity contribution in [2.24, 2.45) is 0 Å². The van der Waals surface area contributed by atoms with Crippen LogP contribution in [0.2, 0.25) is 0 Å². The molecule has 0 aliphatic heterocycles. The van der Waals surface area contributed by atoms with Gasteiger partial charge < -0.3 is 10.4 Å². The number of non-ortho nitro benzene ring substituents is 1. The van der Waals surface area contributed by atoms with Crippen LogP contribution in [0, 0.1) is 10.1 Å². The van der Waals surface area contributed by atoms with Crippen LogP contribution in [0.4, 0.5) is 5.69 Å². The van der Waals surface area contributed by atoms with Crippen molar-refractivity contribution in [3.63, 3.8) is 0 Å². The number of nitro benzene ring substituents is 1. The fourth-order valence-electron chi connectivity index (χ4n) is 1.79. The van der Waals surface area contributed by atoms with Gasteiger partial charge in [0.2, 0.25) is 0 Å². The predicted molar refractivity (Wildman–Crippen MR) is 70.4 cm³/mol. The van der Waals surface area contributed by atoms with E-state index in [1.54, 1.807) is 12.1 Å². The van der Waals surface area contributed by atoms with Crippen LogP contribution in [0.5, 0.6) is 0 Å². The van der Waals surface area contributed by atoms with E-state index in [9.17, 15) is 15.2 Å². The first-order valence-electron chi connectivity index (χ1n) is 6.02. The molecule has 5 heteroatoms. The van der Waals surface area contributed by atoms with E-state index in [0.29, 0.717) is 0 Å².